The average molecular weight is 322 g/mol. The van der Waals surface area contributed by atoms with Crippen molar-refractivity contribution in [2.45, 2.75) is 45.6 Å². The number of nitrogens with zero attached hydrogens (tertiary/aromatic N) is 1. The molecule has 1 aromatic rings. The highest BCUT2D eigenvalue weighted by atomic mass is 16.5. The van der Waals surface area contributed by atoms with Gasteiger partial charge in [-0.15, -0.1) is 0 Å². The first-order chi connectivity index (χ1) is 11.2. The monoisotopic (exact) mass is 322 g/mol. The van der Waals surface area contributed by atoms with Crippen LogP contribution < -0.4 is 5.32 Å². The van der Waals surface area contributed by atoms with E-state index >= 15 is 0 Å². The highest BCUT2D eigenvalue weighted by Gasteiger charge is 2.26. The van der Waals surface area contributed by atoms with Gasteiger partial charge in [0.1, 0.15) is 5.76 Å². The molecule has 0 radical (unpaired) electrons. The smallest absolute Gasteiger partial charge is 0.220 e. The molecule has 0 spiro atoms. The highest BCUT2D eigenvalue weighted by molar-refractivity contribution is 5.76. The lowest BCUT2D eigenvalue weighted by Gasteiger charge is -2.37. The van der Waals surface area contributed by atoms with Crippen molar-refractivity contribution in [3.8, 4) is 0 Å². The number of likely N-dealkylation sites (tertiary alicyclic amines) is 1. The number of carbonyl (C=O) groups excluding carboxylic acids is 1. The third kappa shape index (κ3) is 6.36. The van der Waals surface area contributed by atoms with Crippen molar-refractivity contribution >= 4 is 5.91 Å². The van der Waals surface area contributed by atoms with Crippen LogP contribution in [0.2, 0.25) is 0 Å². The van der Waals surface area contributed by atoms with E-state index in [1.807, 2.05) is 19.1 Å². The second-order valence-corrected chi connectivity index (χ2v) is 6.37. The molecule has 0 aliphatic carbocycles. The first-order valence-electron chi connectivity index (χ1n) is 8.81. The second-order valence-electron chi connectivity index (χ2n) is 6.37. The van der Waals surface area contributed by atoms with Gasteiger partial charge in [0.15, 0.2) is 0 Å². The van der Waals surface area contributed by atoms with Crippen LogP contribution in [0.5, 0.6) is 0 Å². The molecule has 0 bridgehead atoms. The third-order valence-electron chi connectivity index (χ3n) is 4.48. The Morgan fingerprint density at radius 3 is 3.09 bits per heavy atom. The van der Waals surface area contributed by atoms with Crippen molar-refractivity contribution in [3.63, 3.8) is 0 Å². The fourth-order valence-corrected chi connectivity index (χ4v) is 3.15. The summed E-state index contributed by atoms with van der Waals surface area (Å²) in [5.74, 6) is 1.49. The Hall–Kier alpha value is -1.33. The number of hydrogen-bond donors (Lipinski definition) is 1. The molecule has 5 nitrogen and oxygen atoms in total. The first kappa shape index (κ1) is 18.0. The summed E-state index contributed by atoms with van der Waals surface area (Å²) in [5.41, 5.74) is 0. The number of amides is 1. The zero-order chi connectivity index (χ0) is 16.5. The topological polar surface area (TPSA) is 54.7 Å². The van der Waals surface area contributed by atoms with E-state index in [1.165, 1.54) is 0 Å². The summed E-state index contributed by atoms with van der Waals surface area (Å²) in [6.45, 7) is 9.09. The van der Waals surface area contributed by atoms with Gasteiger partial charge in [-0.25, -0.2) is 0 Å². The normalized spacial score (nSPS) is 22.2. The van der Waals surface area contributed by atoms with Crippen LogP contribution in [0, 0.1) is 5.92 Å². The molecule has 1 aromatic heterocycles. The number of furan rings is 1. The predicted molar refractivity (Wildman–Crippen MR) is 90.3 cm³/mol. The van der Waals surface area contributed by atoms with Gasteiger partial charge in [0.2, 0.25) is 5.91 Å². The maximum atomic E-state index is 12.1. The summed E-state index contributed by atoms with van der Waals surface area (Å²) in [6.07, 6.45) is 4.93. The fourth-order valence-electron chi connectivity index (χ4n) is 3.15. The Bertz CT molecular complexity index is 447. The number of hydrogen-bond acceptors (Lipinski definition) is 4. The van der Waals surface area contributed by atoms with E-state index in [0.717, 1.165) is 51.4 Å². The highest BCUT2D eigenvalue weighted by Crippen LogP contribution is 2.17. The van der Waals surface area contributed by atoms with E-state index in [4.69, 9.17) is 9.15 Å². The van der Waals surface area contributed by atoms with E-state index < -0.39 is 0 Å². The third-order valence-corrected chi connectivity index (χ3v) is 4.48. The van der Waals surface area contributed by atoms with Gasteiger partial charge >= 0.3 is 0 Å². The minimum atomic E-state index is 0.128. The quantitative estimate of drug-likeness (QED) is 0.710. The van der Waals surface area contributed by atoms with E-state index in [0.29, 0.717) is 24.8 Å². The molecule has 1 aliphatic heterocycles. The molecule has 0 saturated carbocycles. The summed E-state index contributed by atoms with van der Waals surface area (Å²) >= 11 is 0. The number of rotatable bonds is 9. The predicted octanol–water partition coefficient (Wildman–Crippen LogP) is 2.47. The number of aryl methyl sites for hydroxylation is 1. The Kier molecular flexibility index (Phi) is 7.62. The zero-order valence-corrected chi connectivity index (χ0v) is 14.4. The van der Waals surface area contributed by atoms with E-state index in [-0.39, 0.29) is 5.91 Å². The standard InChI is InChI=1S/C18H30N2O3/c1-3-22-12-5-10-20-11-9-17(15(2)14-20)19-18(21)8-7-16-6-4-13-23-16/h4,6,13,15,17H,3,5,7-12,14H2,1-2H3,(H,19,21). The molecule has 2 unspecified atom stereocenters. The molecule has 1 N–H and O–H groups in total. The minimum absolute atomic E-state index is 0.128. The Morgan fingerprint density at radius 2 is 2.39 bits per heavy atom. The minimum Gasteiger partial charge on any atom is -0.469 e. The lowest BCUT2D eigenvalue weighted by molar-refractivity contribution is -0.122. The first-order valence-corrected chi connectivity index (χ1v) is 8.81. The molecule has 130 valence electrons. The van der Waals surface area contributed by atoms with Crippen molar-refractivity contribution in [1.82, 2.24) is 10.2 Å². The van der Waals surface area contributed by atoms with Crippen LogP contribution in [0.15, 0.2) is 22.8 Å². The molecule has 1 amide bonds. The molecule has 1 aliphatic rings. The van der Waals surface area contributed by atoms with Gasteiger partial charge in [0.25, 0.3) is 0 Å². The summed E-state index contributed by atoms with van der Waals surface area (Å²) < 4.78 is 10.7. The van der Waals surface area contributed by atoms with Crippen molar-refractivity contribution in [1.29, 1.82) is 0 Å². The second kappa shape index (κ2) is 9.73. The maximum absolute atomic E-state index is 12.1. The van der Waals surface area contributed by atoms with E-state index in [2.05, 4.69) is 17.1 Å². The van der Waals surface area contributed by atoms with Gasteiger partial charge in [0.05, 0.1) is 6.26 Å². The maximum Gasteiger partial charge on any atom is 0.220 e. The molecule has 5 heteroatoms. The SMILES string of the molecule is CCOCCCN1CCC(NC(=O)CCc2ccco2)C(C)C1. The molecular weight excluding hydrogens is 292 g/mol. The van der Waals surface area contributed by atoms with Crippen molar-refractivity contribution in [3.05, 3.63) is 24.2 Å². The van der Waals surface area contributed by atoms with Crippen LogP contribution in [-0.2, 0) is 16.0 Å². The average Bonchev–Trinajstić information content (AvgIpc) is 3.05. The van der Waals surface area contributed by atoms with Crippen LogP contribution >= 0.6 is 0 Å². The molecule has 1 saturated heterocycles. The number of piperidine rings is 1. The largest absolute Gasteiger partial charge is 0.469 e. The summed E-state index contributed by atoms with van der Waals surface area (Å²) in [6, 6.07) is 4.06. The summed E-state index contributed by atoms with van der Waals surface area (Å²) in [7, 11) is 0. The van der Waals surface area contributed by atoms with Crippen LogP contribution in [-0.4, -0.2) is 49.7 Å². The van der Waals surface area contributed by atoms with E-state index in [9.17, 15) is 4.79 Å². The van der Waals surface area contributed by atoms with Crippen molar-refractivity contribution < 1.29 is 13.9 Å². The Balaban J connectivity index is 1.64. The Labute approximate surface area is 139 Å². The van der Waals surface area contributed by atoms with Gasteiger partial charge in [-0.3, -0.25) is 4.79 Å². The molecular formula is C18H30N2O3. The van der Waals surface area contributed by atoms with Gasteiger partial charge in [-0.2, -0.15) is 0 Å². The van der Waals surface area contributed by atoms with Crippen LogP contribution in [0.3, 0.4) is 0 Å². The molecule has 23 heavy (non-hydrogen) atoms. The van der Waals surface area contributed by atoms with Gasteiger partial charge in [-0.1, -0.05) is 6.92 Å². The van der Waals surface area contributed by atoms with Crippen LogP contribution in [0.1, 0.15) is 38.9 Å². The molecule has 1 fully saturated rings. The lowest BCUT2D eigenvalue weighted by atomic mass is 9.93. The Morgan fingerprint density at radius 1 is 1.52 bits per heavy atom. The van der Waals surface area contributed by atoms with Crippen molar-refractivity contribution in [2.75, 3.05) is 32.8 Å². The van der Waals surface area contributed by atoms with Gasteiger partial charge < -0.3 is 19.4 Å². The van der Waals surface area contributed by atoms with Gasteiger partial charge in [-0.05, 0) is 37.8 Å². The van der Waals surface area contributed by atoms with Crippen molar-refractivity contribution in [2.24, 2.45) is 5.92 Å². The molecule has 2 rings (SSSR count). The number of nitrogens with one attached hydrogen (secondary N) is 1. The van der Waals surface area contributed by atoms with Crippen LogP contribution in [0.4, 0.5) is 0 Å². The number of ether oxygens (including phenoxy) is 1. The fraction of sp³-hybridized carbons (Fsp3) is 0.722. The summed E-state index contributed by atoms with van der Waals surface area (Å²) in [4.78, 5) is 14.6. The molecule has 2 heterocycles. The van der Waals surface area contributed by atoms with Gasteiger partial charge in [0, 0.05) is 51.7 Å². The molecule has 0 aromatic carbocycles. The molecule has 2 atom stereocenters. The lowest BCUT2D eigenvalue weighted by Crippen LogP contribution is -2.50. The number of carbonyl (C=O) groups is 1. The van der Waals surface area contributed by atoms with E-state index in [1.54, 1.807) is 6.26 Å². The van der Waals surface area contributed by atoms with Crippen LogP contribution in [0.25, 0.3) is 0 Å². The zero-order valence-electron chi connectivity index (χ0n) is 14.4. The summed E-state index contributed by atoms with van der Waals surface area (Å²) in [5, 5.41) is 3.20.